The molecule has 1 fully saturated rings. The lowest BCUT2D eigenvalue weighted by molar-refractivity contribution is -0.149. The number of aliphatic hydroxyl groups is 1. The molecule has 150 valence electrons. The van der Waals surface area contributed by atoms with Gasteiger partial charge in [-0.1, -0.05) is 23.7 Å². The zero-order valence-corrected chi connectivity index (χ0v) is 16.1. The van der Waals surface area contributed by atoms with Gasteiger partial charge < -0.3 is 14.7 Å². The molecule has 0 radical (unpaired) electrons. The van der Waals surface area contributed by atoms with Crippen molar-refractivity contribution in [3.63, 3.8) is 0 Å². The Balaban J connectivity index is 2.14. The molecule has 1 atom stereocenters. The Morgan fingerprint density at radius 1 is 1.14 bits per heavy atom. The quantitative estimate of drug-likeness (QED) is 0.348. The number of Topliss-reactive ketones (excluding diaryl/α,β-unsaturated/α-hetero) is 1. The zero-order chi connectivity index (χ0) is 21.1. The third kappa shape index (κ3) is 4.14. The van der Waals surface area contributed by atoms with Gasteiger partial charge in [-0.2, -0.15) is 0 Å². The minimum Gasteiger partial charge on any atom is -0.507 e. The van der Waals surface area contributed by atoms with Gasteiger partial charge in [0.25, 0.3) is 11.7 Å². The summed E-state index contributed by atoms with van der Waals surface area (Å²) in [7, 11) is 0. The Labute approximate surface area is 171 Å². The number of ether oxygens (including phenoxy) is 1. The van der Waals surface area contributed by atoms with Crippen LogP contribution >= 0.6 is 11.6 Å². The highest BCUT2D eigenvalue weighted by atomic mass is 35.5. The summed E-state index contributed by atoms with van der Waals surface area (Å²) < 4.78 is 18.3. The second kappa shape index (κ2) is 8.45. The highest BCUT2D eigenvalue weighted by molar-refractivity contribution is 6.46. The van der Waals surface area contributed by atoms with Crippen LogP contribution in [0.25, 0.3) is 5.76 Å². The molecule has 0 aromatic heterocycles. The van der Waals surface area contributed by atoms with Crippen LogP contribution < -0.4 is 0 Å². The molecule has 0 aliphatic carbocycles. The number of nitrogens with zero attached hydrogens (tertiary/aromatic N) is 1. The maximum Gasteiger partial charge on any atom is 0.325 e. The molecule has 0 saturated carbocycles. The van der Waals surface area contributed by atoms with E-state index in [4.69, 9.17) is 16.3 Å². The van der Waals surface area contributed by atoms with Gasteiger partial charge in [0.15, 0.2) is 0 Å². The SMILES string of the molecule is CCOC(=O)CN1C(=O)C(=O)C(=C(O)c2ccc(Cl)cc2)[C@H]1c1ccc(F)cc1. The van der Waals surface area contributed by atoms with Crippen LogP contribution in [0.2, 0.25) is 5.02 Å². The average Bonchev–Trinajstić information content (AvgIpc) is 2.94. The number of ketones is 1. The van der Waals surface area contributed by atoms with Crippen LogP contribution in [0, 0.1) is 5.82 Å². The summed E-state index contributed by atoms with van der Waals surface area (Å²) in [6, 6.07) is 10.1. The van der Waals surface area contributed by atoms with Crippen LogP contribution in [0.5, 0.6) is 0 Å². The fraction of sp³-hybridized carbons (Fsp3) is 0.190. The lowest BCUT2D eigenvalue weighted by Gasteiger charge is -2.24. The summed E-state index contributed by atoms with van der Waals surface area (Å²) in [5.74, 6) is -3.53. The summed E-state index contributed by atoms with van der Waals surface area (Å²) in [5, 5.41) is 11.2. The minimum absolute atomic E-state index is 0.106. The lowest BCUT2D eigenvalue weighted by atomic mass is 9.95. The molecule has 0 bridgehead atoms. The largest absolute Gasteiger partial charge is 0.507 e. The van der Waals surface area contributed by atoms with E-state index in [1.807, 2.05) is 0 Å². The molecule has 8 heteroatoms. The van der Waals surface area contributed by atoms with E-state index in [0.717, 1.165) is 4.90 Å². The molecule has 3 rings (SSSR count). The Morgan fingerprint density at radius 3 is 2.34 bits per heavy atom. The lowest BCUT2D eigenvalue weighted by Crippen LogP contribution is -2.35. The van der Waals surface area contributed by atoms with E-state index >= 15 is 0 Å². The van der Waals surface area contributed by atoms with Crippen molar-refractivity contribution in [3.05, 3.63) is 76.1 Å². The Morgan fingerprint density at radius 2 is 1.76 bits per heavy atom. The second-order valence-electron chi connectivity index (χ2n) is 6.29. The molecular weight excluding hydrogens is 401 g/mol. The van der Waals surface area contributed by atoms with E-state index in [0.29, 0.717) is 10.6 Å². The van der Waals surface area contributed by atoms with Crippen molar-refractivity contribution in [1.82, 2.24) is 4.90 Å². The molecule has 2 aromatic carbocycles. The average molecular weight is 418 g/mol. The first kappa shape index (κ1) is 20.5. The number of hydrogen-bond acceptors (Lipinski definition) is 5. The monoisotopic (exact) mass is 417 g/mol. The predicted octanol–water partition coefficient (Wildman–Crippen LogP) is 3.46. The van der Waals surface area contributed by atoms with Gasteiger partial charge in [0.05, 0.1) is 18.2 Å². The summed E-state index contributed by atoms with van der Waals surface area (Å²) in [4.78, 5) is 38.3. The molecule has 0 unspecified atom stereocenters. The van der Waals surface area contributed by atoms with Crippen LogP contribution in [0.3, 0.4) is 0 Å². The van der Waals surface area contributed by atoms with E-state index in [9.17, 15) is 23.9 Å². The number of likely N-dealkylation sites (tertiary alicyclic amines) is 1. The molecule has 6 nitrogen and oxygen atoms in total. The maximum atomic E-state index is 13.4. The first-order chi connectivity index (χ1) is 13.8. The molecule has 1 heterocycles. The van der Waals surface area contributed by atoms with Crippen molar-refractivity contribution in [2.24, 2.45) is 0 Å². The number of hydrogen-bond donors (Lipinski definition) is 1. The molecule has 2 aromatic rings. The molecule has 0 spiro atoms. The van der Waals surface area contributed by atoms with Gasteiger partial charge in [0, 0.05) is 10.6 Å². The Hall–Kier alpha value is -3.19. The van der Waals surface area contributed by atoms with E-state index < -0.39 is 41.8 Å². The van der Waals surface area contributed by atoms with Gasteiger partial charge in [-0.15, -0.1) is 0 Å². The van der Waals surface area contributed by atoms with E-state index in [-0.39, 0.29) is 17.7 Å². The molecule has 1 amide bonds. The molecule has 1 aliphatic rings. The number of amides is 1. The third-order valence-corrected chi connectivity index (χ3v) is 4.70. The number of halogens is 2. The number of carbonyl (C=O) groups is 3. The van der Waals surface area contributed by atoms with Gasteiger partial charge in [0.2, 0.25) is 0 Å². The van der Waals surface area contributed by atoms with Crippen LogP contribution in [-0.4, -0.2) is 40.8 Å². The summed E-state index contributed by atoms with van der Waals surface area (Å²) >= 11 is 5.86. The summed E-state index contributed by atoms with van der Waals surface area (Å²) in [6.07, 6.45) is 0. The van der Waals surface area contributed by atoms with Crippen LogP contribution in [0.4, 0.5) is 4.39 Å². The highest BCUT2D eigenvalue weighted by Gasteiger charge is 2.47. The standard InChI is InChI=1S/C21H17ClFNO5/c1-2-29-16(25)11-24-18(12-5-9-15(23)10-6-12)17(20(27)21(24)28)19(26)13-3-7-14(22)8-4-13/h3-10,18,26H,2,11H2,1H3/t18-/m1/s1. The second-order valence-corrected chi connectivity index (χ2v) is 6.73. The van der Waals surface area contributed by atoms with Crippen molar-refractivity contribution >= 4 is 35.0 Å². The van der Waals surface area contributed by atoms with Crippen molar-refractivity contribution in [1.29, 1.82) is 0 Å². The van der Waals surface area contributed by atoms with Crippen molar-refractivity contribution in [3.8, 4) is 0 Å². The number of rotatable bonds is 5. The Kier molecular flexibility index (Phi) is 5.98. The third-order valence-electron chi connectivity index (χ3n) is 4.45. The summed E-state index contributed by atoms with van der Waals surface area (Å²) in [5.41, 5.74) is 0.439. The first-order valence-electron chi connectivity index (χ1n) is 8.79. The minimum atomic E-state index is -1.07. The van der Waals surface area contributed by atoms with E-state index in [1.54, 1.807) is 6.92 Å². The van der Waals surface area contributed by atoms with Crippen LogP contribution in [0.1, 0.15) is 24.1 Å². The summed E-state index contributed by atoms with van der Waals surface area (Å²) in [6.45, 7) is 1.23. The Bertz CT molecular complexity index is 985. The number of aliphatic hydroxyl groups excluding tert-OH is 1. The van der Waals surface area contributed by atoms with Crippen LogP contribution in [-0.2, 0) is 19.1 Å². The molecule has 1 aliphatic heterocycles. The van der Waals surface area contributed by atoms with Crippen molar-refractivity contribution < 1.29 is 28.6 Å². The zero-order valence-electron chi connectivity index (χ0n) is 15.4. The molecular formula is C21H17ClFNO5. The first-order valence-corrected chi connectivity index (χ1v) is 9.16. The normalized spacial score (nSPS) is 18.2. The van der Waals surface area contributed by atoms with Crippen LogP contribution in [0.15, 0.2) is 54.1 Å². The van der Waals surface area contributed by atoms with Gasteiger partial charge in [-0.25, -0.2) is 4.39 Å². The fourth-order valence-electron chi connectivity index (χ4n) is 3.14. The van der Waals surface area contributed by atoms with Gasteiger partial charge in [0.1, 0.15) is 18.1 Å². The maximum absolute atomic E-state index is 13.4. The van der Waals surface area contributed by atoms with E-state index in [1.165, 1.54) is 48.5 Å². The van der Waals surface area contributed by atoms with Gasteiger partial charge >= 0.3 is 5.97 Å². The fourth-order valence-corrected chi connectivity index (χ4v) is 3.27. The molecule has 1 saturated heterocycles. The van der Waals surface area contributed by atoms with E-state index in [2.05, 4.69) is 0 Å². The number of benzene rings is 2. The highest BCUT2D eigenvalue weighted by Crippen LogP contribution is 2.39. The smallest absolute Gasteiger partial charge is 0.325 e. The van der Waals surface area contributed by atoms with Crippen molar-refractivity contribution in [2.75, 3.05) is 13.2 Å². The predicted molar refractivity (Wildman–Crippen MR) is 103 cm³/mol. The number of esters is 1. The molecule has 1 N–H and O–H groups in total. The molecule has 29 heavy (non-hydrogen) atoms. The van der Waals surface area contributed by atoms with Crippen molar-refractivity contribution in [2.45, 2.75) is 13.0 Å². The van der Waals surface area contributed by atoms with Gasteiger partial charge in [-0.05, 0) is 48.9 Å². The number of carbonyl (C=O) groups excluding carboxylic acids is 3. The van der Waals surface area contributed by atoms with Gasteiger partial charge in [-0.3, -0.25) is 14.4 Å². The topological polar surface area (TPSA) is 83.9 Å².